The number of hydrogen-bond acceptors (Lipinski definition) is 7. The van der Waals surface area contributed by atoms with Gasteiger partial charge in [0.05, 0.1) is 5.41 Å². The van der Waals surface area contributed by atoms with Crippen LogP contribution in [-0.2, 0) is 4.79 Å². The van der Waals surface area contributed by atoms with Crippen LogP contribution in [0.4, 0.5) is 0 Å². The number of hydrogen-bond donors (Lipinski definition) is 2. The minimum absolute atomic E-state index is 0.0202. The number of carbonyl (C=O) groups excluding carboxylic acids is 2. The summed E-state index contributed by atoms with van der Waals surface area (Å²) in [6, 6.07) is 0.265. The molecule has 194 valence electrons. The van der Waals surface area contributed by atoms with E-state index in [9.17, 15) is 9.59 Å². The topological polar surface area (TPSA) is 111 Å². The molecule has 8 nitrogen and oxygen atoms in total. The average molecular weight is 505 g/mol. The molecule has 6 rings (SSSR count). The molecule has 1 aromatic rings. The van der Waals surface area contributed by atoms with Crippen molar-refractivity contribution in [1.82, 2.24) is 15.4 Å². The lowest BCUT2D eigenvalue weighted by Gasteiger charge is -2.54. The molecule has 0 unspecified atom stereocenters. The molecule has 0 radical (unpaired) electrons. The molecular formula is C26H40N4O4S. The average Bonchev–Trinajstić information content (AvgIpc) is 3.39. The molecule has 1 aliphatic heterocycles. The van der Waals surface area contributed by atoms with Crippen LogP contribution in [0.3, 0.4) is 0 Å². The lowest BCUT2D eigenvalue weighted by Crippen LogP contribution is -2.55. The van der Waals surface area contributed by atoms with E-state index in [1.165, 1.54) is 43.9 Å². The number of ether oxygens (including phenoxy) is 1. The third-order valence-electron chi connectivity index (χ3n) is 8.37. The van der Waals surface area contributed by atoms with Crippen LogP contribution in [0.2, 0.25) is 0 Å². The molecule has 1 saturated heterocycles. The standard InChI is InChI=1S/C26H40N4O4S/c1-14(2)35-22-21(23(31)28-20-17-8-15-7-16(10-17)11-18(20)9-15)34-29-24(22)33-13-26(3,4)25(32)30-6-5-19(27)12-30/h14-20H,5-13,27H2,1-4H3,(H,28,31)/t15?,16?,17?,18?,19-,20?/m0/s1. The first-order valence-electron chi connectivity index (χ1n) is 13.3. The molecule has 4 bridgehead atoms. The molecule has 2 heterocycles. The van der Waals surface area contributed by atoms with Crippen LogP contribution in [0, 0.1) is 29.1 Å². The largest absolute Gasteiger partial charge is 0.474 e. The predicted molar refractivity (Wildman–Crippen MR) is 134 cm³/mol. The SMILES string of the molecule is CC(C)Sc1c(OCC(C)(C)C(=O)N2CC[C@H](N)C2)noc1C(=O)NC1C2CC3CC(C2)CC1C3. The van der Waals surface area contributed by atoms with Gasteiger partial charge in [0.1, 0.15) is 11.5 Å². The summed E-state index contributed by atoms with van der Waals surface area (Å²) in [5.41, 5.74) is 5.24. The molecule has 0 aromatic carbocycles. The summed E-state index contributed by atoms with van der Waals surface area (Å²) >= 11 is 1.51. The monoisotopic (exact) mass is 504 g/mol. The Morgan fingerprint density at radius 3 is 2.43 bits per heavy atom. The van der Waals surface area contributed by atoms with Crippen molar-refractivity contribution in [2.45, 2.75) is 88.4 Å². The van der Waals surface area contributed by atoms with E-state index in [0.29, 0.717) is 29.8 Å². The van der Waals surface area contributed by atoms with E-state index in [0.717, 1.165) is 18.3 Å². The molecule has 0 spiro atoms. The Kier molecular flexibility index (Phi) is 6.85. The van der Waals surface area contributed by atoms with Crippen molar-refractivity contribution < 1.29 is 18.8 Å². The Morgan fingerprint density at radius 2 is 1.86 bits per heavy atom. The number of thioether (sulfide) groups is 1. The van der Waals surface area contributed by atoms with Gasteiger partial charge in [-0.15, -0.1) is 11.8 Å². The smallest absolute Gasteiger partial charge is 0.291 e. The lowest BCUT2D eigenvalue weighted by atomic mass is 9.54. The molecule has 9 heteroatoms. The van der Waals surface area contributed by atoms with E-state index in [-0.39, 0.29) is 47.4 Å². The van der Waals surface area contributed by atoms with Gasteiger partial charge in [0.15, 0.2) is 0 Å². The number of nitrogens with one attached hydrogen (secondary N) is 1. The van der Waals surface area contributed by atoms with Crippen LogP contribution in [0.5, 0.6) is 5.88 Å². The van der Waals surface area contributed by atoms with Gasteiger partial charge in [-0.3, -0.25) is 9.59 Å². The first-order chi connectivity index (χ1) is 16.6. The van der Waals surface area contributed by atoms with Gasteiger partial charge in [0.2, 0.25) is 11.7 Å². The van der Waals surface area contributed by atoms with Gasteiger partial charge in [0.25, 0.3) is 11.8 Å². The quantitative estimate of drug-likeness (QED) is 0.520. The van der Waals surface area contributed by atoms with E-state index < -0.39 is 5.41 Å². The number of rotatable bonds is 8. The second kappa shape index (κ2) is 9.61. The third-order valence-corrected chi connectivity index (χ3v) is 9.43. The Bertz CT molecular complexity index is 933. The summed E-state index contributed by atoms with van der Waals surface area (Å²) in [5.74, 6) is 3.21. The van der Waals surface area contributed by atoms with E-state index in [1.54, 1.807) is 0 Å². The van der Waals surface area contributed by atoms with Crippen molar-refractivity contribution in [3.63, 3.8) is 0 Å². The van der Waals surface area contributed by atoms with Crippen LogP contribution in [0.1, 0.15) is 76.8 Å². The van der Waals surface area contributed by atoms with Gasteiger partial charge in [-0.1, -0.05) is 13.8 Å². The van der Waals surface area contributed by atoms with E-state index in [1.807, 2.05) is 18.7 Å². The van der Waals surface area contributed by atoms with Gasteiger partial charge < -0.3 is 25.2 Å². The van der Waals surface area contributed by atoms with Crippen LogP contribution < -0.4 is 15.8 Å². The number of amides is 2. The van der Waals surface area contributed by atoms with Gasteiger partial charge in [-0.25, -0.2) is 0 Å². The third kappa shape index (κ3) is 5.08. The van der Waals surface area contributed by atoms with Crippen molar-refractivity contribution >= 4 is 23.6 Å². The molecule has 5 aliphatic rings. The van der Waals surface area contributed by atoms with Crippen molar-refractivity contribution in [1.29, 1.82) is 0 Å². The molecule has 3 N–H and O–H groups in total. The highest BCUT2D eigenvalue weighted by Crippen LogP contribution is 2.53. The lowest BCUT2D eigenvalue weighted by molar-refractivity contribution is -0.140. The second-order valence-electron chi connectivity index (χ2n) is 12.2. The highest BCUT2D eigenvalue weighted by atomic mass is 32.2. The molecular weight excluding hydrogens is 464 g/mol. The first kappa shape index (κ1) is 24.9. The fraction of sp³-hybridized carbons (Fsp3) is 0.808. The Hall–Kier alpha value is -1.74. The molecule has 2 amide bonds. The molecule has 4 aliphatic carbocycles. The zero-order valence-corrected chi connectivity index (χ0v) is 22.2. The minimum atomic E-state index is -0.744. The molecule has 4 saturated carbocycles. The Morgan fingerprint density at radius 1 is 1.20 bits per heavy atom. The van der Waals surface area contributed by atoms with Gasteiger partial charge in [-0.05, 0) is 81.2 Å². The van der Waals surface area contributed by atoms with Crippen LogP contribution in [0.25, 0.3) is 0 Å². The van der Waals surface area contributed by atoms with E-state index in [2.05, 4.69) is 24.3 Å². The fourth-order valence-electron chi connectivity index (χ4n) is 6.93. The normalized spacial score (nSPS) is 31.9. The maximum Gasteiger partial charge on any atom is 0.291 e. The Labute approximate surface area is 212 Å². The summed E-state index contributed by atoms with van der Waals surface area (Å²) in [6.45, 7) is 9.26. The fourth-order valence-corrected chi connectivity index (χ4v) is 7.84. The molecule has 35 heavy (non-hydrogen) atoms. The summed E-state index contributed by atoms with van der Waals surface area (Å²) in [4.78, 5) is 28.8. The molecule has 5 fully saturated rings. The highest BCUT2D eigenvalue weighted by Gasteiger charge is 2.49. The van der Waals surface area contributed by atoms with Crippen LogP contribution >= 0.6 is 11.8 Å². The summed E-state index contributed by atoms with van der Waals surface area (Å²) in [7, 11) is 0. The minimum Gasteiger partial charge on any atom is -0.474 e. The maximum atomic E-state index is 13.4. The number of aromatic nitrogens is 1. The first-order valence-corrected chi connectivity index (χ1v) is 14.1. The Balaban J connectivity index is 1.27. The van der Waals surface area contributed by atoms with E-state index >= 15 is 0 Å². The number of carbonyl (C=O) groups is 2. The maximum absolute atomic E-state index is 13.4. The summed E-state index contributed by atoms with van der Waals surface area (Å²) in [6.07, 6.45) is 7.16. The van der Waals surface area contributed by atoms with Crippen LogP contribution in [-0.4, -0.2) is 58.9 Å². The van der Waals surface area contributed by atoms with Crippen molar-refractivity contribution in [2.24, 2.45) is 34.8 Å². The second-order valence-corrected chi connectivity index (χ2v) is 13.8. The van der Waals surface area contributed by atoms with Gasteiger partial charge >= 0.3 is 0 Å². The number of nitrogens with two attached hydrogens (primary N) is 1. The molecule has 1 atom stereocenters. The van der Waals surface area contributed by atoms with Gasteiger partial charge in [-0.2, -0.15) is 0 Å². The van der Waals surface area contributed by atoms with Crippen LogP contribution in [0.15, 0.2) is 9.42 Å². The molecule has 1 aromatic heterocycles. The van der Waals surface area contributed by atoms with Crippen molar-refractivity contribution in [3.05, 3.63) is 5.76 Å². The van der Waals surface area contributed by atoms with Crippen molar-refractivity contribution in [2.75, 3.05) is 19.7 Å². The zero-order chi connectivity index (χ0) is 24.9. The predicted octanol–water partition coefficient (Wildman–Crippen LogP) is 3.69. The van der Waals surface area contributed by atoms with Gasteiger partial charge in [0, 0.05) is 30.4 Å². The number of likely N-dealkylation sites (tertiary alicyclic amines) is 1. The summed E-state index contributed by atoms with van der Waals surface area (Å²) < 4.78 is 11.6. The van der Waals surface area contributed by atoms with E-state index in [4.69, 9.17) is 15.0 Å². The highest BCUT2D eigenvalue weighted by molar-refractivity contribution is 8.00. The van der Waals surface area contributed by atoms with Crippen molar-refractivity contribution in [3.8, 4) is 5.88 Å². The summed E-state index contributed by atoms with van der Waals surface area (Å²) in [5, 5.41) is 7.66. The number of nitrogens with zero attached hydrogens (tertiary/aromatic N) is 2. The zero-order valence-electron chi connectivity index (χ0n) is 21.4.